The summed E-state index contributed by atoms with van der Waals surface area (Å²) < 4.78 is 5.08. The Bertz CT molecular complexity index is 363. The first-order chi connectivity index (χ1) is 9.85. The number of nitrogens with one attached hydrogen (secondary N) is 1. The predicted molar refractivity (Wildman–Crippen MR) is 83.8 cm³/mol. The number of carbonyl (C=O) groups is 2. The Hall–Kier alpha value is -0.950. The molecule has 1 rings (SSSR count). The standard InChI is InChI=1S/C14H26N2O4S/c1-14(2)6-7-16(8-10-21-14)13(19)15-11(12(17)18)5-4-9-20-3/h11H,4-10H2,1-3H3,(H,15,19)(H,17,18). The van der Waals surface area contributed by atoms with E-state index in [2.05, 4.69) is 19.2 Å². The minimum atomic E-state index is -0.996. The molecule has 122 valence electrons. The zero-order valence-electron chi connectivity index (χ0n) is 13.1. The molecule has 0 aromatic heterocycles. The molecular weight excluding hydrogens is 292 g/mol. The molecule has 1 heterocycles. The molecule has 1 fully saturated rings. The van der Waals surface area contributed by atoms with Crippen molar-refractivity contribution in [3.05, 3.63) is 0 Å². The van der Waals surface area contributed by atoms with Gasteiger partial charge in [0.05, 0.1) is 0 Å². The number of hydrogen-bond acceptors (Lipinski definition) is 4. The molecule has 21 heavy (non-hydrogen) atoms. The zero-order valence-corrected chi connectivity index (χ0v) is 13.9. The van der Waals surface area contributed by atoms with E-state index in [1.165, 1.54) is 0 Å². The van der Waals surface area contributed by atoms with Gasteiger partial charge in [-0.1, -0.05) is 13.8 Å². The van der Waals surface area contributed by atoms with Gasteiger partial charge in [0.25, 0.3) is 0 Å². The summed E-state index contributed by atoms with van der Waals surface area (Å²) >= 11 is 1.85. The molecule has 1 aliphatic heterocycles. The number of carboxylic acid groups (broad SMARTS) is 1. The van der Waals surface area contributed by atoms with Crippen molar-refractivity contribution in [2.75, 3.05) is 32.6 Å². The summed E-state index contributed by atoms with van der Waals surface area (Å²) in [5.41, 5.74) is 0. The maximum atomic E-state index is 12.2. The van der Waals surface area contributed by atoms with Crippen LogP contribution in [0.1, 0.15) is 33.1 Å². The Labute approximate surface area is 130 Å². The Balaban J connectivity index is 2.50. The van der Waals surface area contributed by atoms with Gasteiger partial charge in [-0.3, -0.25) is 0 Å². The van der Waals surface area contributed by atoms with Crippen molar-refractivity contribution >= 4 is 23.8 Å². The molecule has 1 atom stereocenters. The number of ether oxygens (including phenoxy) is 1. The SMILES string of the molecule is COCCCC(NC(=O)N1CCSC(C)(C)CC1)C(=O)O. The van der Waals surface area contributed by atoms with Crippen LogP contribution >= 0.6 is 11.8 Å². The van der Waals surface area contributed by atoms with E-state index < -0.39 is 12.0 Å². The molecule has 2 N–H and O–H groups in total. The number of carboxylic acids is 1. The predicted octanol–water partition coefficient (Wildman–Crippen LogP) is 1.79. The molecule has 0 aromatic carbocycles. The van der Waals surface area contributed by atoms with Gasteiger partial charge in [-0.05, 0) is 19.3 Å². The zero-order chi connectivity index (χ0) is 15.9. The minimum absolute atomic E-state index is 0.166. The van der Waals surface area contributed by atoms with Gasteiger partial charge >= 0.3 is 12.0 Å². The van der Waals surface area contributed by atoms with Gasteiger partial charge in [-0.2, -0.15) is 11.8 Å². The van der Waals surface area contributed by atoms with Gasteiger partial charge in [0, 0.05) is 37.3 Å². The second-order valence-corrected chi connectivity index (χ2v) is 7.62. The van der Waals surface area contributed by atoms with Crippen LogP contribution in [0.5, 0.6) is 0 Å². The number of amides is 2. The molecule has 0 spiro atoms. The fourth-order valence-corrected chi connectivity index (χ4v) is 3.25. The summed E-state index contributed by atoms with van der Waals surface area (Å²) in [6.07, 6.45) is 1.89. The fraction of sp³-hybridized carbons (Fsp3) is 0.857. The molecular formula is C14H26N2O4S. The topological polar surface area (TPSA) is 78.9 Å². The molecule has 1 saturated heterocycles. The third kappa shape index (κ3) is 6.56. The second kappa shape index (κ2) is 8.48. The van der Waals surface area contributed by atoms with Gasteiger partial charge in [-0.25, -0.2) is 9.59 Å². The van der Waals surface area contributed by atoms with Crippen molar-refractivity contribution in [3.8, 4) is 0 Å². The summed E-state index contributed by atoms with van der Waals surface area (Å²) in [7, 11) is 1.57. The maximum absolute atomic E-state index is 12.2. The van der Waals surface area contributed by atoms with Crippen molar-refractivity contribution in [1.29, 1.82) is 0 Å². The van der Waals surface area contributed by atoms with E-state index in [0.717, 1.165) is 12.2 Å². The molecule has 0 bridgehead atoms. The molecule has 2 amide bonds. The highest BCUT2D eigenvalue weighted by Crippen LogP contribution is 2.30. The number of nitrogens with zero attached hydrogens (tertiary/aromatic N) is 1. The maximum Gasteiger partial charge on any atom is 0.326 e. The first-order valence-electron chi connectivity index (χ1n) is 7.27. The largest absolute Gasteiger partial charge is 0.480 e. The highest BCUT2D eigenvalue weighted by atomic mass is 32.2. The number of carbonyl (C=O) groups excluding carboxylic acids is 1. The van der Waals surface area contributed by atoms with Gasteiger partial charge in [-0.15, -0.1) is 0 Å². The molecule has 6 nitrogen and oxygen atoms in total. The Kier molecular flexibility index (Phi) is 7.31. The summed E-state index contributed by atoms with van der Waals surface area (Å²) in [5, 5.41) is 11.8. The van der Waals surface area contributed by atoms with Gasteiger partial charge in [0.1, 0.15) is 6.04 Å². The lowest BCUT2D eigenvalue weighted by Gasteiger charge is -2.24. The van der Waals surface area contributed by atoms with Crippen molar-refractivity contribution in [2.24, 2.45) is 0 Å². The van der Waals surface area contributed by atoms with Crippen molar-refractivity contribution in [3.63, 3.8) is 0 Å². The Morgan fingerprint density at radius 3 is 2.76 bits per heavy atom. The van der Waals surface area contributed by atoms with Crippen LogP contribution in [-0.4, -0.2) is 65.4 Å². The fourth-order valence-electron chi connectivity index (χ4n) is 2.15. The van der Waals surface area contributed by atoms with E-state index >= 15 is 0 Å². The summed E-state index contributed by atoms with van der Waals surface area (Å²) in [6.45, 7) is 6.16. The minimum Gasteiger partial charge on any atom is -0.480 e. The molecule has 0 aromatic rings. The number of thioether (sulfide) groups is 1. The lowest BCUT2D eigenvalue weighted by atomic mass is 10.1. The quantitative estimate of drug-likeness (QED) is 0.730. The molecule has 0 saturated carbocycles. The van der Waals surface area contributed by atoms with Gasteiger partial charge in [0.2, 0.25) is 0 Å². The Morgan fingerprint density at radius 2 is 2.14 bits per heavy atom. The van der Waals surface area contributed by atoms with Crippen LogP contribution in [0, 0.1) is 0 Å². The normalized spacial score (nSPS) is 19.7. The van der Waals surface area contributed by atoms with Crippen LogP contribution in [0.25, 0.3) is 0 Å². The summed E-state index contributed by atoms with van der Waals surface area (Å²) in [5.74, 6) is -0.119. The number of aliphatic carboxylic acids is 1. The summed E-state index contributed by atoms with van der Waals surface area (Å²) in [6, 6.07) is -1.13. The highest BCUT2D eigenvalue weighted by molar-refractivity contribution is 8.00. The smallest absolute Gasteiger partial charge is 0.326 e. The Morgan fingerprint density at radius 1 is 1.43 bits per heavy atom. The van der Waals surface area contributed by atoms with E-state index in [0.29, 0.717) is 32.5 Å². The lowest BCUT2D eigenvalue weighted by Crippen LogP contribution is -2.48. The molecule has 1 aliphatic rings. The van der Waals surface area contributed by atoms with Crippen LogP contribution in [0.15, 0.2) is 0 Å². The summed E-state index contributed by atoms with van der Waals surface area (Å²) in [4.78, 5) is 25.1. The van der Waals surface area contributed by atoms with Crippen molar-refractivity contribution < 1.29 is 19.4 Å². The van der Waals surface area contributed by atoms with Gasteiger partial charge < -0.3 is 20.1 Å². The van der Waals surface area contributed by atoms with Crippen LogP contribution in [0.4, 0.5) is 4.79 Å². The van der Waals surface area contributed by atoms with E-state index in [4.69, 9.17) is 4.74 Å². The van der Waals surface area contributed by atoms with E-state index in [-0.39, 0.29) is 10.8 Å². The van der Waals surface area contributed by atoms with Crippen molar-refractivity contribution in [1.82, 2.24) is 10.2 Å². The van der Waals surface area contributed by atoms with Crippen LogP contribution in [0.2, 0.25) is 0 Å². The second-order valence-electron chi connectivity index (χ2n) is 5.82. The molecule has 0 radical (unpaired) electrons. The number of rotatable bonds is 6. The number of urea groups is 1. The number of methoxy groups -OCH3 is 1. The van der Waals surface area contributed by atoms with E-state index in [1.54, 1.807) is 12.0 Å². The van der Waals surface area contributed by atoms with E-state index in [9.17, 15) is 14.7 Å². The lowest BCUT2D eigenvalue weighted by molar-refractivity contribution is -0.139. The average molecular weight is 318 g/mol. The van der Waals surface area contributed by atoms with E-state index in [1.807, 2.05) is 11.8 Å². The molecule has 0 aliphatic carbocycles. The first-order valence-corrected chi connectivity index (χ1v) is 8.25. The van der Waals surface area contributed by atoms with Crippen LogP contribution < -0.4 is 5.32 Å². The van der Waals surface area contributed by atoms with Crippen molar-refractivity contribution in [2.45, 2.75) is 43.9 Å². The van der Waals surface area contributed by atoms with Crippen LogP contribution in [-0.2, 0) is 9.53 Å². The highest BCUT2D eigenvalue weighted by Gasteiger charge is 2.28. The monoisotopic (exact) mass is 318 g/mol. The third-order valence-electron chi connectivity index (χ3n) is 3.56. The first kappa shape index (κ1) is 18.1. The third-order valence-corrected chi connectivity index (χ3v) is 4.93. The average Bonchev–Trinajstić information content (AvgIpc) is 2.58. The number of hydrogen-bond donors (Lipinski definition) is 2. The van der Waals surface area contributed by atoms with Gasteiger partial charge in [0.15, 0.2) is 0 Å². The molecule has 7 heteroatoms. The van der Waals surface area contributed by atoms with Crippen LogP contribution in [0.3, 0.4) is 0 Å². The molecule has 1 unspecified atom stereocenters.